The van der Waals surface area contributed by atoms with Gasteiger partial charge in [-0.15, -0.1) is 0 Å². The van der Waals surface area contributed by atoms with Crippen LogP contribution in [0.1, 0.15) is 49.6 Å². The number of sulfonamides is 1. The smallest absolute Gasteiger partial charge is 0.405 e. The molecule has 2 N–H and O–H groups in total. The van der Waals surface area contributed by atoms with Crippen LogP contribution in [-0.2, 0) is 15.6 Å². The lowest BCUT2D eigenvalue weighted by atomic mass is 9.95. The molecular weight excluding hydrogens is 546 g/mol. The van der Waals surface area contributed by atoms with E-state index in [4.69, 9.17) is 14.8 Å². The zero-order chi connectivity index (χ0) is 28.6. The van der Waals surface area contributed by atoms with Crippen LogP contribution in [0, 0.1) is 0 Å². The zero-order valence-electron chi connectivity index (χ0n) is 21.5. The summed E-state index contributed by atoms with van der Waals surface area (Å²) in [5.74, 6) is 0.717. The first-order valence-electron chi connectivity index (χ1n) is 12.3. The van der Waals surface area contributed by atoms with E-state index in [-0.39, 0.29) is 5.75 Å². The van der Waals surface area contributed by atoms with Gasteiger partial charge < -0.3 is 19.7 Å². The van der Waals surface area contributed by atoms with Crippen molar-refractivity contribution >= 4 is 32.8 Å². The highest BCUT2D eigenvalue weighted by atomic mass is 32.2. The van der Waals surface area contributed by atoms with Gasteiger partial charge >= 0.3 is 12.7 Å². The second kappa shape index (κ2) is 8.84. The average molecular weight is 571 g/mol. The first-order chi connectivity index (χ1) is 18.8. The summed E-state index contributed by atoms with van der Waals surface area (Å²) in [4.78, 5) is 24.6. The topological polar surface area (TPSA) is 140 Å². The standard InChI is InChI=1S/C26H24F2N6O5S/c1-26(2,32-25(35)36)23-29-11-14(12-30-23)13-7-8-15-17(9-13)33-18-10-19(22(33)31-15)34(40(3,37)38)16-5-4-6-20(21(16)18)39-24(27)28/h4-9,11-12,18-19,24,32H,10H2,1-3H3,(H,35,36)/t18-,19-/m1/s1. The average Bonchev–Trinajstić information content (AvgIpc) is 3.38. The number of ether oxygens (including phenoxy) is 1. The fourth-order valence-corrected chi connectivity index (χ4v) is 6.84. The Hall–Kier alpha value is -4.33. The molecule has 2 aliphatic rings. The van der Waals surface area contributed by atoms with Gasteiger partial charge in [-0.3, -0.25) is 4.31 Å². The van der Waals surface area contributed by atoms with Crippen molar-refractivity contribution < 1.29 is 31.8 Å². The molecule has 2 atom stereocenters. The Morgan fingerprint density at radius 2 is 1.88 bits per heavy atom. The van der Waals surface area contributed by atoms with Gasteiger partial charge in [0.1, 0.15) is 17.6 Å². The number of anilines is 1. The molecule has 0 saturated carbocycles. The molecule has 0 fully saturated rings. The molecule has 1 amide bonds. The van der Waals surface area contributed by atoms with Crippen LogP contribution in [0.4, 0.5) is 19.3 Å². The summed E-state index contributed by atoms with van der Waals surface area (Å²) in [6.45, 7) is 0.223. The molecule has 2 aliphatic heterocycles. The predicted octanol–water partition coefficient (Wildman–Crippen LogP) is 4.41. The maximum absolute atomic E-state index is 13.3. The minimum Gasteiger partial charge on any atom is -0.465 e. The summed E-state index contributed by atoms with van der Waals surface area (Å²) in [6.07, 6.45) is 3.38. The van der Waals surface area contributed by atoms with Crippen LogP contribution in [0.5, 0.6) is 5.75 Å². The summed E-state index contributed by atoms with van der Waals surface area (Å²) in [5, 5.41) is 11.5. The second-order valence-electron chi connectivity index (χ2n) is 10.3. The van der Waals surface area contributed by atoms with E-state index >= 15 is 0 Å². The normalized spacial score (nSPS) is 18.1. The van der Waals surface area contributed by atoms with Gasteiger partial charge in [0.05, 0.1) is 34.6 Å². The van der Waals surface area contributed by atoms with E-state index in [1.807, 2.05) is 16.7 Å². The molecule has 11 nitrogen and oxygen atoms in total. The lowest BCUT2D eigenvalue weighted by Gasteiger charge is -2.35. The molecule has 40 heavy (non-hydrogen) atoms. The van der Waals surface area contributed by atoms with Crippen LogP contribution in [0.2, 0.25) is 0 Å². The predicted molar refractivity (Wildman–Crippen MR) is 141 cm³/mol. The summed E-state index contributed by atoms with van der Waals surface area (Å²) in [7, 11) is -3.80. The van der Waals surface area contributed by atoms with Crippen molar-refractivity contribution in [2.75, 3.05) is 10.6 Å². The van der Waals surface area contributed by atoms with Gasteiger partial charge in [0.25, 0.3) is 0 Å². The van der Waals surface area contributed by atoms with Gasteiger partial charge in [0, 0.05) is 29.9 Å². The van der Waals surface area contributed by atoms with Gasteiger partial charge in [-0.25, -0.2) is 28.2 Å². The molecule has 2 aromatic carbocycles. The molecule has 0 radical (unpaired) electrons. The molecule has 0 spiro atoms. The maximum atomic E-state index is 13.3. The van der Waals surface area contributed by atoms with Gasteiger partial charge in [-0.2, -0.15) is 8.78 Å². The number of alkyl halides is 2. The monoisotopic (exact) mass is 570 g/mol. The number of nitrogens with zero attached hydrogens (tertiary/aromatic N) is 5. The van der Waals surface area contributed by atoms with Crippen molar-refractivity contribution in [3.63, 3.8) is 0 Å². The van der Waals surface area contributed by atoms with Gasteiger partial charge in [0.15, 0.2) is 5.82 Å². The summed E-state index contributed by atoms with van der Waals surface area (Å²) in [6, 6.07) is 8.89. The summed E-state index contributed by atoms with van der Waals surface area (Å²) >= 11 is 0. The first kappa shape index (κ1) is 25.9. The quantitative estimate of drug-likeness (QED) is 0.348. The van der Waals surface area contributed by atoms with E-state index in [1.54, 1.807) is 38.4 Å². The molecule has 0 aliphatic carbocycles. The van der Waals surface area contributed by atoms with Crippen LogP contribution in [0.25, 0.3) is 22.2 Å². The number of amides is 1. The number of carbonyl (C=O) groups is 1. The van der Waals surface area contributed by atoms with E-state index < -0.39 is 40.4 Å². The van der Waals surface area contributed by atoms with Gasteiger partial charge in [0.2, 0.25) is 10.0 Å². The number of nitrogens with one attached hydrogen (secondary N) is 1. The Labute approximate surface area is 227 Å². The molecule has 6 rings (SSSR count). The fraction of sp³-hybridized carbons (Fsp3) is 0.308. The van der Waals surface area contributed by atoms with E-state index in [0.29, 0.717) is 45.9 Å². The highest BCUT2D eigenvalue weighted by Gasteiger charge is 2.48. The second-order valence-corrected chi connectivity index (χ2v) is 12.1. The molecule has 0 saturated heterocycles. The molecule has 208 valence electrons. The third-order valence-corrected chi connectivity index (χ3v) is 8.37. The van der Waals surface area contributed by atoms with Crippen molar-refractivity contribution in [2.24, 2.45) is 0 Å². The molecule has 14 heteroatoms. The molecule has 0 unspecified atom stereocenters. The lowest BCUT2D eigenvalue weighted by Crippen LogP contribution is -2.41. The highest BCUT2D eigenvalue weighted by Crippen LogP contribution is 2.55. The molecule has 2 bridgehead atoms. The number of fused-ring (bicyclic) bond motifs is 9. The number of hydrogen-bond donors (Lipinski definition) is 2. The zero-order valence-corrected chi connectivity index (χ0v) is 22.4. The number of carboxylic acid groups (broad SMARTS) is 1. The van der Waals surface area contributed by atoms with E-state index in [9.17, 15) is 22.0 Å². The third-order valence-electron chi connectivity index (χ3n) is 7.21. The number of halogens is 2. The van der Waals surface area contributed by atoms with Gasteiger partial charge in [-0.05, 0) is 43.7 Å². The Balaban J connectivity index is 1.48. The number of hydrogen-bond acceptors (Lipinski definition) is 7. The van der Waals surface area contributed by atoms with Crippen molar-refractivity contribution in [1.29, 1.82) is 0 Å². The number of imidazole rings is 1. The Bertz CT molecular complexity index is 1770. The minimum absolute atomic E-state index is 0.0861. The van der Waals surface area contributed by atoms with Gasteiger partial charge in [-0.1, -0.05) is 12.1 Å². The highest BCUT2D eigenvalue weighted by molar-refractivity contribution is 7.92. The van der Waals surface area contributed by atoms with E-state index in [0.717, 1.165) is 11.8 Å². The first-order valence-corrected chi connectivity index (χ1v) is 14.1. The summed E-state index contributed by atoms with van der Waals surface area (Å²) < 4.78 is 60.5. The summed E-state index contributed by atoms with van der Waals surface area (Å²) in [5.41, 5.74) is 2.34. The van der Waals surface area contributed by atoms with Crippen LogP contribution in [0.3, 0.4) is 0 Å². The van der Waals surface area contributed by atoms with Crippen LogP contribution in [0.15, 0.2) is 48.8 Å². The van der Waals surface area contributed by atoms with Crippen molar-refractivity contribution in [3.05, 3.63) is 66.0 Å². The van der Waals surface area contributed by atoms with Crippen LogP contribution >= 0.6 is 0 Å². The Morgan fingerprint density at radius 1 is 1.15 bits per heavy atom. The Kier molecular flexibility index (Phi) is 5.73. The SMILES string of the molecule is CC(C)(NC(=O)O)c1ncc(-c2ccc3nc4n(c3c2)[C@@H]2C[C@H]4N(S(C)(=O)=O)c3cccc(OC(F)F)c32)cn1. The molecule has 2 aromatic heterocycles. The van der Waals surface area contributed by atoms with Crippen LogP contribution < -0.4 is 14.4 Å². The lowest BCUT2D eigenvalue weighted by molar-refractivity contribution is -0.0506. The maximum Gasteiger partial charge on any atom is 0.405 e. The Morgan fingerprint density at radius 3 is 2.52 bits per heavy atom. The van der Waals surface area contributed by atoms with Crippen LogP contribution in [-0.4, -0.2) is 52.0 Å². The van der Waals surface area contributed by atoms with Crippen molar-refractivity contribution in [2.45, 2.75) is 44.5 Å². The third kappa shape index (κ3) is 4.10. The minimum atomic E-state index is -3.80. The number of aromatic nitrogens is 4. The molecule has 4 aromatic rings. The largest absolute Gasteiger partial charge is 0.465 e. The number of rotatable bonds is 6. The number of benzene rings is 2. The van der Waals surface area contributed by atoms with E-state index in [1.165, 1.54) is 16.4 Å². The molecular formula is C26H24F2N6O5S. The molecule has 4 heterocycles. The fourth-order valence-electron chi connectivity index (χ4n) is 5.68. The van der Waals surface area contributed by atoms with Crippen molar-refractivity contribution in [3.8, 4) is 16.9 Å². The van der Waals surface area contributed by atoms with E-state index in [2.05, 4.69) is 15.3 Å². The van der Waals surface area contributed by atoms with Crippen molar-refractivity contribution in [1.82, 2.24) is 24.8 Å².